The summed E-state index contributed by atoms with van der Waals surface area (Å²) in [4.78, 5) is 35.6. The highest BCUT2D eigenvalue weighted by atomic mass is 16.5. The van der Waals surface area contributed by atoms with Gasteiger partial charge in [-0.25, -0.2) is 14.8 Å². The van der Waals surface area contributed by atoms with E-state index in [-0.39, 0.29) is 37.0 Å². The van der Waals surface area contributed by atoms with Crippen LogP contribution in [0, 0.1) is 0 Å². The molecule has 0 saturated carbocycles. The normalized spacial score (nSPS) is 29.9. The number of carbonyl (C=O) groups excluding carboxylic acids is 2. The molecule has 2 amide bonds. The molecule has 1 fully saturated rings. The van der Waals surface area contributed by atoms with Crippen molar-refractivity contribution in [2.75, 3.05) is 26.3 Å². The Bertz CT molecular complexity index is 1220. The van der Waals surface area contributed by atoms with Crippen molar-refractivity contribution >= 4 is 23.9 Å². The van der Waals surface area contributed by atoms with Gasteiger partial charge in [0.15, 0.2) is 17.6 Å². The monoisotopic (exact) mass is 530 g/mol. The molecule has 4 atom stereocenters. The van der Waals surface area contributed by atoms with E-state index < -0.39 is 41.6 Å². The molecular weight excluding hydrogens is 496 g/mol. The fraction of sp³-hybridized carbons (Fsp3) is 0.583. The first-order chi connectivity index (χ1) is 17.9. The molecule has 0 bridgehead atoms. The molecular formula is C24H34N8O6. The molecule has 0 aromatic heterocycles. The number of nitrogens with one attached hydrogen (secondary N) is 3. The highest BCUT2D eigenvalue weighted by Gasteiger charge is 2.73. The molecule has 9 N–H and O–H groups in total. The van der Waals surface area contributed by atoms with Crippen LogP contribution in [-0.2, 0) is 10.2 Å². The number of carbonyl (C=O) groups is 2. The molecule has 38 heavy (non-hydrogen) atoms. The summed E-state index contributed by atoms with van der Waals surface area (Å²) in [5.41, 5.74) is 11.5. The molecule has 1 spiro atoms. The fourth-order valence-electron chi connectivity index (χ4n) is 5.81. The fourth-order valence-corrected chi connectivity index (χ4v) is 5.81. The number of alkyl carbamates (subject to hydrolysis) is 1. The minimum absolute atomic E-state index is 0.0271. The summed E-state index contributed by atoms with van der Waals surface area (Å²) in [7, 11) is 0. The van der Waals surface area contributed by atoms with Crippen LogP contribution in [0.5, 0.6) is 5.75 Å². The van der Waals surface area contributed by atoms with Crippen molar-refractivity contribution in [1.29, 1.82) is 0 Å². The summed E-state index contributed by atoms with van der Waals surface area (Å²) in [5, 5.41) is 31.4. The van der Waals surface area contributed by atoms with Gasteiger partial charge in [-0.2, -0.15) is 0 Å². The van der Waals surface area contributed by atoms with Crippen LogP contribution in [-0.4, -0.2) is 94.9 Å². The number of nitrogens with zero attached hydrogens (tertiary/aromatic N) is 3. The molecule has 4 aliphatic heterocycles. The number of rotatable bonds is 5. The van der Waals surface area contributed by atoms with Crippen molar-refractivity contribution in [3.05, 3.63) is 29.3 Å². The number of nitrogens with two attached hydrogens (primary N) is 2. The van der Waals surface area contributed by atoms with Gasteiger partial charge in [-0.05, 0) is 24.8 Å². The molecule has 0 aliphatic carbocycles. The predicted molar refractivity (Wildman–Crippen MR) is 136 cm³/mol. The first-order valence-electron chi connectivity index (χ1n) is 12.6. The Kier molecular flexibility index (Phi) is 6.06. The molecule has 0 radical (unpaired) electrons. The Morgan fingerprint density at radius 3 is 2.79 bits per heavy atom. The van der Waals surface area contributed by atoms with Gasteiger partial charge in [0.05, 0.1) is 24.8 Å². The van der Waals surface area contributed by atoms with E-state index in [0.717, 1.165) is 12.0 Å². The largest absolute Gasteiger partial charge is 0.492 e. The lowest BCUT2D eigenvalue weighted by Gasteiger charge is -2.48. The minimum atomic E-state index is -2.60. The van der Waals surface area contributed by atoms with Crippen LogP contribution in [0.3, 0.4) is 0 Å². The average Bonchev–Trinajstić information content (AvgIpc) is 3.32. The Morgan fingerprint density at radius 2 is 2.05 bits per heavy atom. The van der Waals surface area contributed by atoms with Crippen LogP contribution in [0.25, 0.3) is 0 Å². The van der Waals surface area contributed by atoms with Crippen molar-refractivity contribution in [2.45, 2.75) is 62.2 Å². The second kappa shape index (κ2) is 8.91. The van der Waals surface area contributed by atoms with Crippen LogP contribution >= 0.6 is 0 Å². The topological polar surface area (TPSA) is 209 Å². The summed E-state index contributed by atoms with van der Waals surface area (Å²) in [6.45, 7) is 6.34. The first kappa shape index (κ1) is 25.9. The number of hydrogen-bond acceptors (Lipinski definition) is 12. The van der Waals surface area contributed by atoms with Crippen LogP contribution in [0.15, 0.2) is 28.2 Å². The van der Waals surface area contributed by atoms with E-state index in [4.69, 9.17) is 20.9 Å². The number of ether oxygens (including phenoxy) is 2. The summed E-state index contributed by atoms with van der Waals surface area (Å²) in [6, 6.07) is 2.37. The highest BCUT2D eigenvalue weighted by Crippen LogP contribution is 2.45. The van der Waals surface area contributed by atoms with Gasteiger partial charge in [0.1, 0.15) is 17.8 Å². The van der Waals surface area contributed by atoms with Crippen molar-refractivity contribution in [1.82, 2.24) is 20.9 Å². The number of hydrogen-bond donors (Lipinski definition) is 7. The Labute approximate surface area is 219 Å². The van der Waals surface area contributed by atoms with E-state index >= 15 is 0 Å². The van der Waals surface area contributed by atoms with Gasteiger partial charge >= 0.3 is 6.09 Å². The Hall–Kier alpha value is -3.78. The van der Waals surface area contributed by atoms with Crippen LogP contribution in [0.2, 0.25) is 0 Å². The quantitative estimate of drug-likeness (QED) is 0.214. The molecule has 14 heteroatoms. The van der Waals surface area contributed by atoms with Gasteiger partial charge in [0.2, 0.25) is 5.79 Å². The second-order valence-electron chi connectivity index (χ2n) is 10.5. The zero-order valence-electron chi connectivity index (χ0n) is 21.5. The number of aliphatic hydroxyl groups is 2. The van der Waals surface area contributed by atoms with E-state index in [1.807, 2.05) is 6.07 Å². The van der Waals surface area contributed by atoms with E-state index in [9.17, 15) is 19.8 Å². The molecule has 4 heterocycles. The first-order valence-corrected chi connectivity index (χ1v) is 12.6. The molecule has 1 aromatic rings. The lowest BCUT2D eigenvalue weighted by Crippen LogP contribution is -2.78. The smallest absolute Gasteiger partial charge is 0.407 e. The van der Waals surface area contributed by atoms with Gasteiger partial charge in [-0.15, -0.1) is 0 Å². The summed E-state index contributed by atoms with van der Waals surface area (Å²) in [5.74, 6) is -2.74. The molecule has 206 valence electrons. The van der Waals surface area contributed by atoms with E-state index in [2.05, 4.69) is 39.8 Å². The van der Waals surface area contributed by atoms with Crippen molar-refractivity contribution in [3.8, 4) is 5.75 Å². The van der Waals surface area contributed by atoms with Crippen molar-refractivity contribution in [2.24, 2.45) is 21.5 Å². The van der Waals surface area contributed by atoms with Gasteiger partial charge in [0, 0.05) is 18.7 Å². The summed E-state index contributed by atoms with van der Waals surface area (Å²) >= 11 is 0. The van der Waals surface area contributed by atoms with Crippen LogP contribution < -0.4 is 32.2 Å². The SMILES string of the molecule is CCOC(=O)NC[C@@H]1N=C(N)N2CC(NC(=O)c3cccc4c3OCCC4(C)C)C(O)(O)[C@@]23NC(N)=N[C@@H]13. The maximum atomic E-state index is 13.5. The van der Waals surface area contributed by atoms with Gasteiger partial charge in [-0.1, -0.05) is 26.0 Å². The van der Waals surface area contributed by atoms with E-state index in [1.54, 1.807) is 19.1 Å². The van der Waals surface area contributed by atoms with Crippen LogP contribution in [0.1, 0.15) is 43.1 Å². The molecule has 1 unspecified atom stereocenters. The number of benzene rings is 1. The number of para-hydroxylation sites is 1. The third-order valence-corrected chi connectivity index (χ3v) is 7.80. The third-order valence-electron chi connectivity index (χ3n) is 7.80. The lowest BCUT2D eigenvalue weighted by atomic mass is 9.79. The van der Waals surface area contributed by atoms with Gasteiger partial charge in [0.25, 0.3) is 5.91 Å². The van der Waals surface area contributed by atoms with Crippen LogP contribution in [0.4, 0.5) is 4.79 Å². The number of aliphatic imine (C=N–C) groups is 2. The molecule has 14 nitrogen and oxygen atoms in total. The van der Waals surface area contributed by atoms with Gasteiger partial charge < -0.3 is 52.0 Å². The average molecular weight is 531 g/mol. The predicted octanol–water partition coefficient (Wildman–Crippen LogP) is -1.73. The maximum absolute atomic E-state index is 13.5. The zero-order valence-corrected chi connectivity index (χ0v) is 21.5. The standard InChI is InChI=1S/C24H34N8O6/c1-4-37-21(34)27-10-14-17-23(31-19(25)30-17)24(35,36)15(11-32(23)20(26)28-14)29-18(33)12-6-5-7-13-16(12)38-9-8-22(13,2)3/h5-7,14-15,17,35-36H,4,8-11H2,1-3H3,(H2,26,28)(H,27,34)(H,29,33)(H3,25,30,31)/t14-,15?,17-,23-/m0/s1. The highest BCUT2D eigenvalue weighted by molar-refractivity contribution is 5.98. The third kappa shape index (κ3) is 3.77. The number of guanidine groups is 2. The maximum Gasteiger partial charge on any atom is 0.407 e. The molecule has 5 rings (SSSR count). The van der Waals surface area contributed by atoms with Gasteiger partial charge in [-0.3, -0.25) is 4.79 Å². The molecule has 1 aromatic carbocycles. The lowest BCUT2D eigenvalue weighted by molar-refractivity contribution is -0.230. The summed E-state index contributed by atoms with van der Waals surface area (Å²) in [6.07, 6.45) is 0.147. The number of amides is 2. The van der Waals surface area contributed by atoms with Crippen molar-refractivity contribution < 1.29 is 29.3 Å². The van der Waals surface area contributed by atoms with Crippen molar-refractivity contribution in [3.63, 3.8) is 0 Å². The molecule has 4 aliphatic rings. The molecule has 1 saturated heterocycles. The summed E-state index contributed by atoms with van der Waals surface area (Å²) < 4.78 is 10.8. The second-order valence-corrected chi connectivity index (χ2v) is 10.5. The minimum Gasteiger partial charge on any atom is -0.492 e. The zero-order chi connectivity index (χ0) is 27.5. The Balaban J connectivity index is 1.43. The van der Waals surface area contributed by atoms with E-state index in [0.29, 0.717) is 17.9 Å². The Morgan fingerprint density at radius 1 is 1.29 bits per heavy atom. The van der Waals surface area contributed by atoms with E-state index in [1.165, 1.54) is 4.90 Å². The number of fused-ring (bicyclic) bond motifs is 1.